The summed E-state index contributed by atoms with van der Waals surface area (Å²) in [4.78, 5) is 40.9. The number of nitrogen functional groups attached to an aromatic ring is 1. The number of halogens is 3. The summed E-state index contributed by atoms with van der Waals surface area (Å²) in [5.74, 6) is 0.296. The first kappa shape index (κ1) is 30.9. The van der Waals surface area contributed by atoms with Gasteiger partial charge in [-0.25, -0.2) is 15.0 Å². The van der Waals surface area contributed by atoms with E-state index in [0.29, 0.717) is 43.1 Å². The van der Waals surface area contributed by atoms with Gasteiger partial charge in [0.1, 0.15) is 28.7 Å². The third-order valence-corrected chi connectivity index (χ3v) is 7.79. The Morgan fingerprint density at radius 1 is 1.09 bits per heavy atom. The molecule has 1 aromatic carbocycles. The Hall–Kier alpha value is -4.56. The van der Waals surface area contributed by atoms with E-state index < -0.39 is 23.1 Å². The van der Waals surface area contributed by atoms with E-state index in [0.717, 1.165) is 37.0 Å². The van der Waals surface area contributed by atoms with Crippen LogP contribution < -0.4 is 16.8 Å². The van der Waals surface area contributed by atoms with Crippen molar-refractivity contribution >= 4 is 29.0 Å². The van der Waals surface area contributed by atoms with Crippen molar-refractivity contribution in [2.24, 2.45) is 11.1 Å². The fourth-order valence-electron chi connectivity index (χ4n) is 5.51. The lowest BCUT2D eigenvalue weighted by Gasteiger charge is -2.42. The number of likely N-dealkylation sites (tertiary alicyclic amines) is 1. The number of pyridine rings is 1. The average molecular weight is 611 g/mol. The van der Waals surface area contributed by atoms with Crippen molar-refractivity contribution in [3.8, 4) is 11.3 Å². The Bertz CT molecular complexity index is 1670. The number of nitrogens with two attached hydrogens (primary N) is 2. The van der Waals surface area contributed by atoms with Gasteiger partial charge in [-0.1, -0.05) is 12.1 Å². The molecule has 2 aliphatic rings. The van der Waals surface area contributed by atoms with Crippen molar-refractivity contribution in [2.45, 2.75) is 31.9 Å². The first-order chi connectivity index (χ1) is 21.0. The summed E-state index contributed by atoms with van der Waals surface area (Å²) in [7, 11) is 1.50. The summed E-state index contributed by atoms with van der Waals surface area (Å²) in [5.41, 5.74) is 11.5. The molecule has 1 atom stereocenters. The number of aromatic nitrogens is 4. The molecule has 5 N–H and O–H groups in total. The predicted octanol–water partition coefficient (Wildman–Crippen LogP) is 3.96. The van der Waals surface area contributed by atoms with Crippen molar-refractivity contribution in [1.29, 1.82) is 0 Å². The molecule has 1 unspecified atom stereocenters. The van der Waals surface area contributed by atoms with Gasteiger partial charge in [0, 0.05) is 48.7 Å². The average Bonchev–Trinajstić information content (AvgIpc) is 3.41. The van der Waals surface area contributed by atoms with Crippen LogP contribution in [0.3, 0.4) is 0 Å². The van der Waals surface area contributed by atoms with E-state index in [1.807, 2.05) is 16.2 Å². The van der Waals surface area contributed by atoms with Crippen LogP contribution in [0.1, 0.15) is 47.4 Å². The van der Waals surface area contributed by atoms with Crippen LogP contribution in [0.15, 0.2) is 55.0 Å². The third-order valence-electron chi connectivity index (χ3n) is 7.79. The molecule has 11 nitrogen and oxygen atoms in total. The molecule has 4 aromatic rings. The number of hydrogen-bond donors (Lipinski definition) is 3. The number of nitrogens with one attached hydrogen (secondary N) is 1. The molecular formula is C30H33F3N8O3. The van der Waals surface area contributed by atoms with E-state index in [2.05, 4.69) is 21.0 Å². The molecule has 0 radical (unpaired) electrons. The number of imidazole rings is 1. The summed E-state index contributed by atoms with van der Waals surface area (Å²) in [6, 6.07) is 8.11. The number of fused-ring (bicyclic) bond motifs is 1. The van der Waals surface area contributed by atoms with E-state index in [9.17, 15) is 22.8 Å². The maximum atomic E-state index is 13.2. The summed E-state index contributed by atoms with van der Waals surface area (Å²) in [6.45, 7) is 3.99. The highest BCUT2D eigenvalue weighted by Crippen LogP contribution is 2.36. The monoisotopic (exact) mass is 610 g/mol. The van der Waals surface area contributed by atoms with Gasteiger partial charge in [0.05, 0.1) is 24.2 Å². The highest BCUT2D eigenvalue weighted by molar-refractivity contribution is 6.04. The number of alkyl halides is 3. The summed E-state index contributed by atoms with van der Waals surface area (Å²) < 4.78 is 46.3. The normalized spacial score (nSPS) is 17.8. The number of nitrogens with zero attached hydrogens (tertiary/aromatic N) is 5. The Labute approximate surface area is 251 Å². The van der Waals surface area contributed by atoms with Crippen LogP contribution in [-0.2, 0) is 15.7 Å². The van der Waals surface area contributed by atoms with Crippen LogP contribution in [-0.4, -0.2) is 69.4 Å². The number of anilines is 2. The smallest absolute Gasteiger partial charge is 0.382 e. The molecule has 232 valence electrons. The topological polar surface area (TPSA) is 154 Å². The van der Waals surface area contributed by atoms with Crippen LogP contribution in [0.25, 0.3) is 16.8 Å². The van der Waals surface area contributed by atoms with Crippen molar-refractivity contribution in [3.63, 3.8) is 0 Å². The number of carbonyl (C=O) groups excluding carboxylic acids is 2. The zero-order valence-electron chi connectivity index (χ0n) is 24.3. The second-order valence-electron chi connectivity index (χ2n) is 11.0. The van der Waals surface area contributed by atoms with Crippen LogP contribution >= 0.6 is 0 Å². The van der Waals surface area contributed by atoms with E-state index in [1.54, 1.807) is 36.7 Å². The van der Waals surface area contributed by atoms with Gasteiger partial charge in [0.25, 0.3) is 5.91 Å². The summed E-state index contributed by atoms with van der Waals surface area (Å²) in [5, 5.41) is 2.41. The first-order valence-corrected chi connectivity index (χ1v) is 14.1. The fourth-order valence-corrected chi connectivity index (χ4v) is 5.51. The number of carbonyl (C=O) groups is 2. The lowest BCUT2D eigenvalue weighted by molar-refractivity contribution is -0.170. The summed E-state index contributed by atoms with van der Waals surface area (Å²) >= 11 is 0. The van der Waals surface area contributed by atoms with Gasteiger partial charge < -0.3 is 26.4 Å². The third kappa shape index (κ3) is 5.95. The largest absolute Gasteiger partial charge is 0.416 e. The van der Waals surface area contributed by atoms with Crippen molar-refractivity contribution < 1.29 is 27.5 Å². The van der Waals surface area contributed by atoms with E-state index in [1.165, 1.54) is 7.05 Å². The number of rotatable bonds is 5. The number of ether oxygens (including phenoxy) is 1. The summed E-state index contributed by atoms with van der Waals surface area (Å²) in [6.07, 6.45) is 1.52. The Morgan fingerprint density at radius 3 is 2.48 bits per heavy atom. The highest BCUT2D eigenvalue weighted by Gasteiger charge is 2.45. The molecule has 3 aromatic heterocycles. The van der Waals surface area contributed by atoms with E-state index in [-0.39, 0.29) is 29.0 Å². The van der Waals surface area contributed by atoms with Crippen LogP contribution in [0.2, 0.25) is 0 Å². The minimum absolute atomic E-state index is 0.0274. The highest BCUT2D eigenvalue weighted by atomic mass is 19.4. The van der Waals surface area contributed by atoms with Crippen LogP contribution in [0.4, 0.5) is 24.8 Å². The van der Waals surface area contributed by atoms with Crippen molar-refractivity contribution in [3.05, 3.63) is 71.9 Å². The minimum atomic E-state index is -4.55. The second kappa shape index (κ2) is 12.2. The molecule has 6 rings (SSSR count). The number of benzene rings is 1. The molecule has 2 amide bonds. The molecule has 0 aliphatic carbocycles. The molecule has 5 heterocycles. The van der Waals surface area contributed by atoms with Crippen LogP contribution in [0, 0.1) is 5.41 Å². The minimum Gasteiger partial charge on any atom is -0.382 e. The molecule has 2 fully saturated rings. The molecule has 0 saturated carbocycles. The van der Waals surface area contributed by atoms with Crippen molar-refractivity contribution in [2.75, 3.05) is 44.4 Å². The lowest BCUT2D eigenvalue weighted by Crippen LogP contribution is -2.55. The van der Waals surface area contributed by atoms with Crippen molar-refractivity contribution in [1.82, 2.24) is 24.3 Å². The maximum Gasteiger partial charge on any atom is 0.416 e. The van der Waals surface area contributed by atoms with Gasteiger partial charge >= 0.3 is 6.18 Å². The van der Waals surface area contributed by atoms with Gasteiger partial charge in [0.2, 0.25) is 5.91 Å². The molecule has 44 heavy (non-hydrogen) atoms. The molecule has 2 saturated heterocycles. The molecule has 0 bridgehead atoms. The molecule has 2 aliphatic heterocycles. The van der Waals surface area contributed by atoms with E-state index in [4.69, 9.17) is 15.5 Å². The van der Waals surface area contributed by atoms with Crippen LogP contribution in [0.5, 0.6) is 0 Å². The predicted molar refractivity (Wildman–Crippen MR) is 158 cm³/mol. The standard InChI is InChI=1S/C29H28F3N7O3.CH5N/c1-28(15-42-16-28)27(41)38-11-2-3-19(14-38)25-37-22(23-24(33)35-10-12-39(23)25)17-4-6-18(7-5-17)26(40)36-21-13-20(8-9-34-21)29(30,31)32;1-2/h4-10,12-13,19H,2-3,11,14-16H2,1H3,(H2,33,35)(H,34,36,40);2H2,1H3. The van der Waals surface area contributed by atoms with Gasteiger partial charge in [-0.2, -0.15) is 13.2 Å². The number of amides is 2. The van der Waals surface area contributed by atoms with Gasteiger partial charge in [-0.05, 0) is 51.1 Å². The quantitative estimate of drug-likeness (QED) is 0.307. The SMILES string of the molecule is CC1(C(=O)N2CCCC(c3nc(-c4ccc(C(=O)Nc5cc(C(F)(F)F)ccn5)cc4)c4c(N)nccn34)C2)COC1.CN. The molecule has 0 spiro atoms. The Morgan fingerprint density at radius 2 is 1.82 bits per heavy atom. The van der Waals surface area contributed by atoms with Gasteiger partial charge in [-0.15, -0.1) is 0 Å². The Balaban J connectivity index is 0.00000188. The maximum absolute atomic E-state index is 13.2. The first-order valence-electron chi connectivity index (χ1n) is 14.1. The second-order valence-corrected chi connectivity index (χ2v) is 11.0. The van der Waals surface area contributed by atoms with Gasteiger partial charge in [0.15, 0.2) is 0 Å². The molecular weight excluding hydrogens is 577 g/mol. The van der Waals surface area contributed by atoms with Gasteiger partial charge in [-0.3, -0.25) is 14.0 Å². The zero-order valence-corrected chi connectivity index (χ0v) is 24.3. The lowest BCUT2D eigenvalue weighted by atomic mass is 9.85. The Kier molecular flexibility index (Phi) is 8.57. The number of hydrogen-bond acceptors (Lipinski definition) is 8. The molecule has 14 heteroatoms. The fraction of sp³-hybridized carbons (Fsp3) is 0.367. The number of piperidine rings is 1. The van der Waals surface area contributed by atoms with E-state index >= 15 is 0 Å². The zero-order chi connectivity index (χ0) is 31.6.